The molecule has 6 heteroatoms. The summed E-state index contributed by atoms with van der Waals surface area (Å²) in [7, 11) is -3.02. The average Bonchev–Trinajstić information content (AvgIpc) is 2.46. The van der Waals surface area contributed by atoms with Crippen LogP contribution in [-0.4, -0.2) is 58.3 Å². The molecule has 0 aromatic heterocycles. The molecular weight excluding hydrogens is 214 g/mol. The second kappa shape index (κ2) is 6.42. The Labute approximate surface area is 92.3 Å². The summed E-state index contributed by atoms with van der Waals surface area (Å²) in [5, 5.41) is 3.31. The second-order valence-corrected chi connectivity index (χ2v) is 5.84. The summed E-state index contributed by atoms with van der Waals surface area (Å²) in [6.45, 7) is 7.11. The fraction of sp³-hybridized carbons (Fsp3) is 1.00. The highest BCUT2D eigenvalue weighted by molar-refractivity contribution is 7.89. The molecule has 1 aliphatic rings. The monoisotopic (exact) mass is 235 g/mol. The van der Waals surface area contributed by atoms with E-state index in [0.717, 1.165) is 39.1 Å². The zero-order chi connectivity index (χ0) is 11.1. The van der Waals surface area contributed by atoms with Crippen molar-refractivity contribution in [2.24, 2.45) is 0 Å². The van der Waals surface area contributed by atoms with E-state index in [9.17, 15) is 8.42 Å². The van der Waals surface area contributed by atoms with E-state index in [1.54, 1.807) is 6.92 Å². The van der Waals surface area contributed by atoms with Gasteiger partial charge in [-0.1, -0.05) is 0 Å². The van der Waals surface area contributed by atoms with Crippen LogP contribution in [0.2, 0.25) is 0 Å². The molecule has 2 N–H and O–H groups in total. The first-order valence-electron chi connectivity index (χ1n) is 5.54. The molecule has 1 fully saturated rings. The minimum Gasteiger partial charge on any atom is -0.315 e. The fourth-order valence-electron chi connectivity index (χ4n) is 1.59. The molecule has 15 heavy (non-hydrogen) atoms. The molecule has 0 aromatic rings. The smallest absolute Gasteiger partial charge is 0.211 e. The second-order valence-electron chi connectivity index (χ2n) is 3.74. The molecule has 0 saturated carbocycles. The minimum atomic E-state index is -3.02. The first-order valence-corrected chi connectivity index (χ1v) is 7.19. The summed E-state index contributed by atoms with van der Waals surface area (Å²) >= 11 is 0. The van der Waals surface area contributed by atoms with Crippen LogP contribution in [0.5, 0.6) is 0 Å². The standard InChI is InChI=1S/C9H21N3O2S/c1-2-15(13,14)11-6-9-12-7-3-4-10-5-8-12/h10-11H,2-9H2,1H3. The SMILES string of the molecule is CCS(=O)(=O)NCCN1CCCNCC1. The van der Waals surface area contributed by atoms with Gasteiger partial charge in [-0.2, -0.15) is 0 Å². The predicted octanol–water partition coefficient (Wildman–Crippen LogP) is -0.779. The van der Waals surface area contributed by atoms with Gasteiger partial charge in [0.25, 0.3) is 0 Å². The maximum Gasteiger partial charge on any atom is 0.211 e. The lowest BCUT2D eigenvalue weighted by Gasteiger charge is -2.19. The van der Waals surface area contributed by atoms with Crippen molar-refractivity contribution >= 4 is 10.0 Å². The molecule has 0 aromatic carbocycles. The van der Waals surface area contributed by atoms with Crippen molar-refractivity contribution in [2.45, 2.75) is 13.3 Å². The largest absolute Gasteiger partial charge is 0.315 e. The normalized spacial score (nSPS) is 20.1. The molecule has 1 saturated heterocycles. The number of hydrogen-bond donors (Lipinski definition) is 2. The lowest BCUT2D eigenvalue weighted by atomic mass is 10.4. The molecule has 0 atom stereocenters. The molecule has 1 rings (SSSR count). The lowest BCUT2D eigenvalue weighted by molar-refractivity contribution is 0.297. The van der Waals surface area contributed by atoms with E-state index < -0.39 is 10.0 Å². The van der Waals surface area contributed by atoms with Crippen LogP contribution in [0.25, 0.3) is 0 Å². The lowest BCUT2D eigenvalue weighted by Crippen LogP contribution is -2.37. The quantitative estimate of drug-likeness (QED) is 0.656. The molecule has 0 bridgehead atoms. The highest BCUT2D eigenvalue weighted by atomic mass is 32.2. The summed E-state index contributed by atoms with van der Waals surface area (Å²) in [6, 6.07) is 0. The Balaban J connectivity index is 2.18. The van der Waals surface area contributed by atoms with E-state index in [2.05, 4.69) is 14.9 Å². The van der Waals surface area contributed by atoms with Gasteiger partial charge in [-0.3, -0.25) is 0 Å². The van der Waals surface area contributed by atoms with Crippen molar-refractivity contribution < 1.29 is 8.42 Å². The summed E-state index contributed by atoms with van der Waals surface area (Å²) in [6.07, 6.45) is 1.14. The van der Waals surface area contributed by atoms with Crippen molar-refractivity contribution in [2.75, 3.05) is 45.0 Å². The molecule has 0 radical (unpaired) electrons. The third-order valence-corrected chi connectivity index (χ3v) is 3.97. The maximum absolute atomic E-state index is 11.2. The van der Waals surface area contributed by atoms with Crippen molar-refractivity contribution in [3.8, 4) is 0 Å². The fourth-order valence-corrected chi connectivity index (χ4v) is 2.19. The minimum absolute atomic E-state index is 0.161. The van der Waals surface area contributed by atoms with Gasteiger partial charge < -0.3 is 10.2 Å². The number of nitrogens with zero attached hydrogens (tertiary/aromatic N) is 1. The van der Waals surface area contributed by atoms with Crippen LogP contribution in [0.4, 0.5) is 0 Å². The Bertz CT molecular complexity index is 259. The van der Waals surface area contributed by atoms with Gasteiger partial charge in [0.15, 0.2) is 0 Å². The molecular formula is C9H21N3O2S. The number of sulfonamides is 1. The zero-order valence-electron chi connectivity index (χ0n) is 9.33. The molecule has 0 unspecified atom stereocenters. The third-order valence-electron chi connectivity index (χ3n) is 2.56. The molecule has 5 nitrogen and oxygen atoms in total. The molecule has 90 valence electrons. The van der Waals surface area contributed by atoms with Gasteiger partial charge in [0.2, 0.25) is 10.0 Å². The Morgan fingerprint density at radius 1 is 1.33 bits per heavy atom. The van der Waals surface area contributed by atoms with Crippen LogP contribution in [0.1, 0.15) is 13.3 Å². The molecule has 0 spiro atoms. The summed E-state index contributed by atoms with van der Waals surface area (Å²) < 4.78 is 24.9. The van der Waals surface area contributed by atoms with Gasteiger partial charge in [0.1, 0.15) is 0 Å². The highest BCUT2D eigenvalue weighted by Gasteiger charge is 2.10. The number of nitrogens with one attached hydrogen (secondary N) is 2. The predicted molar refractivity (Wildman–Crippen MR) is 61.4 cm³/mol. The summed E-state index contributed by atoms with van der Waals surface area (Å²) in [4.78, 5) is 2.29. The first-order chi connectivity index (χ1) is 7.14. The van der Waals surface area contributed by atoms with Crippen LogP contribution in [-0.2, 0) is 10.0 Å². The third kappa shape index (κ3) is 5.46. The molecule has 0 amide bonds. The molecule has 0 aliphatic carbocycles. The Morgan fingerprint density at radius 3 is 2.87 bits per heavy atom. The van der Waals surface area contributed by atoms with E-state index >= 15 is 0 Å². The van der Waals surface area contributed by atoms with E-state index in [-0.39, 0.29) is 5.75 Å². The van der Waals surface area contributed by atoms with Crippen LogP contribution >= 0.6 is 0 Å². The van der Waals surface area contributed by atoms with E-state index in [4.69, 9.17) is 0 Å². The van der Waals surface area contributed by atoms with E-state index in [1.165, 1.54) is 0 Å². The van der Waals surface area contributed by atoms with Gasteiger partial charge in [-0.15, -0.1) is 0 Å². The van der Waals surface area contributed by atoms with Crippen LogP contribution in [0.15, 0.2) is 0 Å². The summed E-state index contributed by atoms with van der Waals surface area (Å²) in [5.74, 6) is 0.161. The zero-order valence-corrected chi connectivity index (χ0v) is 10.1. The van der Waals surface area contributed by atoms with Crippen molar-refractivity contribution in [1.29, 1.82) is 0 Å². The van der Waals surface area contributed by atoms with Crippen LogP contribution in [0.3, 0.4) is 0 Å². The average molecular weight is 235 g/mol. The topological polar surface area (TPSA) is 61.4 Å². The van der Waals surface area contributed by atoms with Crippen LogP contribution < -0.4 is 10.0 Å². The van der Waals surface area contributed by atoms with Crippen LogP contribution in [0, 0.1) is 0 Å². The molecule has 1 aliphatic heterocycles. The molecule has 1 heterocycles. The first kappa shape index (κ1) is 12.9. The number of rotatable bonds is 5. The maximum atomic E-state index is 11.2. The number of hydrogen-bond acceptors (Lipinski definition) is 4. The van der Waals surface area contributed by atoms with E-state index in [0.29, 0.717) is 6.54 Å². The van der Waals surface area contributed by atoms with Gasteiger partial charge in [-0.25, -0.2) is 13.1 Å². The van der Waals surface area contributed by atoms with Gasteiger partial charge in [0.05, 0.1) is 5.75 Å². The summed E-state index contributed by atoms with van der Waals surface area (Å²) in [5.41, 5.74) is 0. The Kier molecular flexibility index (Phi) is 5.52. The van der Waals surface area contributed by atoms with Gasteiger partial charge in [-0.05, 0) is 26.4 Å². The Hall–Kier alpha value is -0.170. The Morgan fingerprint density at radius 2 is 2.13 bits per heavy atom. The van der Waals surface area contributed by atoms with E-state index in [1.807, 2.05) is 0 Å². The van der Waals surface area contributed by atoms with Gasteiger partial charge in [0, 0.05) is 26.2 Å². The van der Waals surface area contributed by atoms with Crippen molar-refractivity contribution in [1.82, 2.24) is 14.9 Å². The van der Waals surface area contributed by atoms with Crippen molar-refractivity contribution in [3.05, 3.63) is 0 Å². The van der Waals surface area contributed by atoms with Gasteiger partial charge >= 0.3 is 0 Å². The van der Waals surface area contributed by atoms with Crippen molar-refractivity contribution in [3.63, 3.8) is 0 Å². The highest BCUT2D eigenvalue weighted by Crippen LogP contribution is 1.94.